The summed E-state index contributed by atoms with van der Waals surface area (Å²) in [6, 6.07) is 19.3. The molecule has 11 heteroatoms. The largest absolute Gasteiger partial charge is 0.506 e. The van der Waals surface area contributed by atoms with E-state index >= 15 is 0 Å². The molecule has 8 nitrogen and oxygen atoms in total. The van der Waals surface area contributed by atoms with E-state index in [9.17, 15) is 13.5 Å². The normalized spacial score (nSPS) is 17.5. The van der Waals surface area contributed by atoms with Crippen LogP contribution in [-0.4, -0.2) is 34.4 Å². The molecule has 1 aliphatic rings. The second kappa shape index (κ2) is 9.94. The number of phenols is 1. The second-order valence-corrected chi connectivity index (χ2v) is 11.8. The summed E-state index contributed by atoms with van der Waals surface area (Å²) in [5, 5.41) is 15.1. The number of pyridine rings is 1. The fourth-order valence-electron chi connectivity index (χ4n) is 4.99. The van der Waals surface area contributed by atoms with Gasteiger partial charge < -0.3 is 19.9 Å². The number of halogens is 1. The number of hydrogen-bond donors (Lipinski definition) is 3. The zero-order chi connectivity index (χ0) is 27.2. The van der Waals surface area contributed by atoms with Crippen molar-refractivity contribution in [1.29, 1.82) is 0 Å². The van der Waals surface area contributed by atoms with Gasteiger partial charge in [-0.2, -0.15) is 0 Å². The van der Waals surface area contributed by atoms with E-state index < -0.39 is 10.0 Å². The van der Waals surface area contributed by atoms with Gasteiger partial charge in [0.25, 0.3) is 0 Å². The monoisotopic (exact) mass is 567 g/mol. The highest BCUT2D eigenvalue weighted by atomic mass is 35.5. The molecular formula is C27H26ClN5O3S2. The fraction of sp³-hybridized carbons (Fsp3) is 0.185. The van der Waals surface area contributed by atoms with Crippen LogP contribution in [0.4, 0.5) is 11.4 Å². The third-order valence-corrected chi connectivity index (χ3v) is 7.67. The molecule has 38 heavy (non-hydrogen) atoms. The van der Waals surface area contributed by atoms with Crippen molar-refractivity contribution in [2.24, 2.45) is 0 Å². The topological polar surface area (TPSA) is 99.5 Å². The van der Waals surface area contributed by atoms with Crippen LogP contribution >= 0.6 is 23.8 Å². The Kier molecular flexibility index (Phi) is 6.81. The van der Waals surface area contributed by atoms with Crippen LogP contribution in [0.25, 0.3) is 5.69 Å². The number of benzene rings is 2. The Balaban J connectivity index is 1.65. The summed E-state index contributed by atoms with van der Waals surface area (Å²) in [6.07, 6.45) is 2.86. The molecule has 4 aromatic rings. The highest BCUT2D eigenvalue weighted by molar-refractivity contribution is 7.92. The lowest BCUT2D eigenvalue weighted by atomic mass is 9.96. The predicted octanol–water partition coefficient (Wildman–Crippen LogP) is 5.40. The fourth-order valence-corrected chi connectivity index (χ4v) is 6.06. The molecule has 196 valence electrons. The van der Waals surface area contributed by atoms with Crippen LogP contribution in [0.15, 0.2) is 72.9 Å². The van der Waals surface area contributed by atoms with Gasteiger partial charge in [0, 0.05) is 34.0 Å². The van der Waals surface area contributed by atoms with Gasteiger partial charge in [-0.15, -0.1) is 0 Å². The van der Waals surface area contributed by atoms with Crippen LogP contribution in [0, 0.1) is 13.8 Å². The molecule has 0 bridgehead atoms. The Morgan fingerprint density at radius 2 is 1.82 bits per heavy atom. The van der Waals surface area contributed by atoms with E-state index in [0.29, 0.717) is 21.5 Å². The van der Waals surface area contributed by atoms with Crippen LogP contribution in [0.2, 0.25) is 5.02 Å². The lowest BCUT2D eigenvalue weighted by Gasteiger charge is -2.28. The van der Waals surface area contributed by atoms with E-state index in [2.05, 4.69) is 21.1 Å². The van der Waals surface area contributed by atoms with Gasteiger partial charge in [-0.1, -0.05) is 17.7 Å². The van der Waals surface area contributed by atoms with Gasteiger partial charge in [0.1, 0.15) is 5.75 Å². The van der Waals surface area contributed by atoms with E-state index in [1.807, 2.05) is 53.6 Å². The Bertz CT molecular complexity index is 1620. The van der Waals surface area contributed by atoms with Gasteiger partial charge in [0.05, 0.1) is 29.7 Å². The smallest absolute Gasteiger partial charge is 0.229 e. The molecule has 2 aromatic carbocycles. The van der Waals surface area contributed by atoms with Crippen molar-refractivity contribution in [2.75, 3.05) is 15.9 Å². The number of aryl methyl sites for hydroxylation is 1. The lowest BCUT2D eigenvalue weighted by Crippen LogP contribution is -2.29. The third-order valence-electron chi connectivity index (χ3n) is 6.51. The molecule has 3 N–H and O–H groups in total. The maximum Gasteiger partial charge on any atom is 0.229 e. The maximum atomic E-state index is 11.7. The standard InChI is InChI=1S/C27H26ClN5O3S2/c1-16-14-21(17(2)32(16)23-15-18(28)7-12-24(23)34)26-25(22-6-4-5-13-29-22)30-27(37)33(26)20-10-8-19(9-11-20)31-38(3,35)36/h4-15,25-26,31,34H,1-3H3,(H,30,37)/t25-,26+/m0/s1. The summed E-state index contributed by atoms with van der Waals surface area (Å²) < 4.78 is 27.8. The summed E-state index contributed by atoms with van der Waals surface area (Å²) in [4.78, 5) is 6.62. The first-order chi connectivity index (χ1) is 18.0. The molecule has 1 saturated heterocycles. The summed E-state index contributed by atoms with van der Waals surface area (Å²) in [5.74, 6) is 0.120. The number of hydrogen-bond acceptors (Lipinski definition) is 5. The lowest BCUT2D eigenvalue weighted by molar-refractivity contribution is 0.471. The van der Waals surface area contributed by atoms with Crippen molar-refractivity contribution in [3.63, 3.8) is 0 Å². The van der Waals surface area contributed by atoms with E-state index in [-0.39, 0.29) is 17.8 Å². The van der Waals surface area contributed by atoms with Crippen molar-refractivity contribution in [3.05, 3.63) is 101 Å². The average Bonchev–Trinajstić information content (AvgIpc) is 3.36. The molecule has 0 unspecified atom stereocenters. The number of phenolic OH excluding ortho intramolecular Hbond substituents is 1. The molecule has 0 aliphatic carbocycles. The van der Waals surface area contributed by atoms with Gasteiger partial charge in [0.2, 0.25) is 10.0 Å². The molecule has 0 saturated carbocycles. The van der Waals surface area contributed by atoms with Crippen molar-refractivity contribution < 1.29 is 13.5 Å². The summed E-state index contributed by atoms with van der Waals surface area (Å²) in [7, 11) is -3.40. The Labute approximate surface area is 232 Å². The number of sulfonamides is 1. The summed E-state index contributed by atoms with van der Waals surface area (Å²) in [5.41, 5.74) is 5.49. The molecule has 1 aliphatic heterocycles. The highest BCUT2D eigenvalue weighted by Gasteiger charge is 2.42. The van der Waals surface area contributed by atoms with Gasteiger partial charge in [0.15, 0.2) is 5.11 Å². The predicted molar refractivity (Wildman–Crippen MR) is 155 cm³/mol. The molecule has 1 fully saturated rings. The molecule has 2 atom stereocenters. The first-order valence-corrected chi connectivity index (χ1v) is 14.5. The number of thiocarbonyl (C=S) groups is 1. The molecule has 0 spiro atoms. The second-order valence-electron chi connectivity index (χ2n) is 9.21. The number of nitrogens with one attached hydrogen (secondary N) is 2. The Hall–Kier alpha value is -3.60. The van der Waals surface area contributed by atoms with Crippen LogP contribution in [0.1, 0.15) is 34.7 Å². The number of rotatable bonds is 6. The quantitative estimate of drug-likeness (QED) is 0.268. The minimum Gasteiger partial charge on any atom is -0.506 e. The molecule has 2 aromatic heterocycles. The van der Waals surface area contributed by atoms with E-state index in [0.717, 1.165) is 34.6 Å². The van der Waals surface area contributed by atoms with Gasteiger partial charge in [-0.25, -0.2) is 8.42 Å². The summed E-state index contributed by atoms with van der Waals surface area (Å²) in [6.45, 7) is 3.97. The van der Waals surface area contributed by atoms with Crippen LogP contribution in [0.5, 0.6) is 5.75 Å². The molecule has 5 rings (SSSR count). The Morgan fingerprint density at radius 3 is 2.47 bits per heavy atom. The number of aromatic nitrogens is 2. The van der Waals surface area contributed by atoms with Crippen LogP contribution < -0.4 is 14.9 Å². The van der Waals surface area contributed by atoms with E-state index in [1.54, 1.807) is 36.5 Å². The highest BCUT2D eigenvalue weighted by Crippen LogP contribution is 2.44. The Morgan fingerprint density at radius 1 is 1.08 bits per heavy atom. The minimum atomic E-state index is -3.40. The van der Waals surface area contributed by atoms with Gasteiger partial charge in [-0.3, -0.25) is 9.71 Å². The summed E-state index contributed by atoms with van der Waals surface area (Å²) >= 11 is 12.1. The number of aromatic hydroxyl groups is 1. The third kappa shape index (κ3) is 4.94. The van der Waals surface area contributed by atoms with Crippen molar-refractivity contribution >= 4 is 50.3 Å². The first-order valence-electron chi connectivity index (χ1n) is 11.8. The number of nitrogens with zero attached hydrogens (tertiary/aromatic N) is 3. The zero-order valence-corrected chi connectivity index (χ0v) is 23.3. The van der Waals surface area contributed by atoms with Crippen molar-refractivity contribution in [1.82, 2.24) is 14.9 Å². The van der Waals surface area contributed by atoms with Crippen molar-refractivity contribution in [2.45, 2.75) is 25.9 Å². The first kappa shape index (κ1) is 26.0. The SMILES string of the molecule is Cc1cc([C@@H]2[C@H](c3ccccn3)NC(=S)N2c2ccc(NS(C)(=O)=O)cc2)c(C)n1-c1cc(Cl)ccc1O. The van der Waals surface area contributed by atoms with Gasteiger partial charge in [-0.05, 0) is 92.3 Å². The van der Waals surface area contributed by atoms with E-state index in [4.69, 9.17) is 23.8 Å². The van der Waals surface area contributed by atoms with Gasteiger partial charge >= 0.3 is 0 Å². The van der Waals surface area contributed by atoms with Crippen molar-refractivity contribution in [3.8, 4) is 11.4 Å². The molecule has 0 amide bonds. The van der Waals surface area contributed by atoms with Crippen LogP contribution in [0.3, 0.4) is 0 Å². The van der Waals surface area contributed by atoms with E-state index in [1.165, 1.54) is 0 Å². The number of anilines is 2. The average molecular weight is 568 g/mol. The maximum absolute atomic E-state index is 11.7. The molecule has 0 radical (unpaired) electrons. The molecular weight excluding hydrogens is 542 g/mol. The zero-order valence-electron chi connectivity index (χ0n) is 20.9. The minimum absolute atomic E-state index is 0.120. The molecule has 3 heterocycles. The van der Waals surface area contributed by atoms with Crippen LogP contribution in [-0.2, 0) is 10.0 Å².